The third-order valence-corrected chi connectivity index (χ3v) is 4.13. The van der Waals surface area contributed by atoms with Gasteiger partial charge in [-0.15, -0.1) is 0 Å². The van der Waals surface area contributed by atoms with E-state index in [0.29, 0.717) is 6.42 Å². The first-order valence-corrected chi connectivity index (χ1v) is 7.75. The first-order valence-electron chi connectivity index (χ1n) is 7.75. The van der Waals surface area contributed by atoms with Gasteiger partial charge >= 0.3 is 0 Å². The Morgan fingerprint density at radius 1 is 1.24 bits per heavy atom. The number of hydrogen-bond donors (Lipinski definition) is 0. The number of hydrogen-bond acceptors (Lipinski definition) is 1. The Bertz CT molecular complexity index is 616. The third-order valence-electron chi connectivity index (χ3n) is 4.13. The molecule has 0 saturated heterocycles. The Kier molecular flexibility index (Phi) is 4.09. The van der Waals surface area contributed by atoms with E-state index in [4.69, 9.17) is 0 Å². The van der Waals surface area contributed by atoms with Crippen LogP contribution in [0.2, 0.25) is 0 Å². The Morgan fingerprint density at radius 3 is 2.86 bits per heavy atom. The van der Waals surface area contributed by atoms with Crippen molar-refractivity contribution in [2.24, 2.45) is 0 Å². The van der Waals surface area contributed by atoms with Crippen molar-refractivity contribution in [1.82, 2.24) is 4.57 Å². The van der Waals surface area contributed by atoms with Gasteiger partial charge in [0.1, 0.15) is 0 Å². The van der Waals surface area contributed by atoms with Gasteiger partial charge in [-0.25, -0.2) is 0 Å². The lowest BCUT2D eigenvalue weighted by atomic mass is 9.99. The molecule has 3 rings (SSSR count). The van der Waals surface area contributed by atoms with Crippen LogP contribution in [0.15, 0.2) is 42.7 Å². The molecule has 0 atom stereocenters. The van der Waals surface area contributed by atoms with E-state index in [1.807, 2.05) is 29.4 Å². The molecular formula is C18H22N2O. The highest BCUT2D eigenvalue weighted by molar-refractivity contribution is 5.94. The summed E-state index contributed by atoms with van der Waals surface area (Å²) in [5.74, 6) is 0.256. The zero-order valence-corrected chi connectivity index (χ0v) is 12.6. The lowest BCUT2D eigenvalue weighted by Crippen LogP contribution is -2.35. The van der Waals surface area contributed by atoms with Crippen molar-refractivity contribution in [3.63, 3.8) is 0 Å². The van der Waals surface area contributed by atoms with Gasteiger partial charge in [-0.3, -0.25) is 4.79 Å². The molecular weight excluding hydrogens is 260 g/mol. The largest absolute Gasteiger partial charge is 0.354 e. The molecule has 1 aliphatic rings. The maximum atomic E-state index is 12.5. The monoisotopic (exact) mass is 282 g/mol. The zero-order chi connectivity index (χ0) is 14.7. The molecule has 0 radical (unpaired) electrons. The molecule has 0 spiro atoms. The van der Waals surface area contributed by atoms with Gasteiger partial charge in [0.05, 0.1) is 0 Å². The van der Waals surface area contributed by atoms with Crippen molar-refractivity contribution in [1.29, 1.82) is 0 Å². The van der Waals surface area contributed by atoms with Crippen molar-refractivity contribution in [2.75, 3.05) is 11.4 Å². The van der Waals surface area contributed by atoms with Gasteiger partial charge < -0.3 is 9.47 Å². The summed E-state index contributed by atoms with van der Waals surface area (Å²) >= 11 is 0. The molecule has 2 aromatic rings. The second-order valence-electron chi connectivity index (χ2n) is 5.81. The average Bonchev–Trinajstić information content (AvgIpc) is 2.99. The number of benzene rings is 1. The van der Waals surface area contributed by atoms with Crippen LogP contribution in [0, 0.1) is 6.92 Å². The maximum Gasteiger partial charge on any atom is 0.227 e. The molecule has 21 heavy (non-hydrogen) atoms. The molecule has 1 aliphatic heterocycles. The van der Waals surface area contributed by atoms with Gasteiger partial charge in [-0.05, 0) is 49.9 Å². The number of aryl methyl sites for hydroxylation is 3. The minimum absolute atomic E-state index is 0.256. The van der Waals surface area contributed by atoms with E-state index in [9.17, 15) is 4.79 Å². The third kappa shape index (κ3) is 3.18. The SMILES string of the molecule is Cc1ccc2c(c1)CCCN2C(=O)CCCn1cccc1. The van der Waals surface area contributed by atoms with E-state index in [1.165, 1.54) is 11.1 Å². The quantitative estimate of drug-likeness (QED) is 0.841. The van der Waals surface area contributed by atoms with Gasteiger partial charge in [-0.2, -0.15) is 0 Å². The Labute approximate surface area is 126 Å². The minimum atomic E-state index is 0.256. The fourth-order valence-electron chi connectivity index (χ4n) is 3.05. The standard InChI is InChI=1S/C18H22N2O/c1-15-8-9-17-16(14-15)6-4-13-20(17)18(21)7-5-12-19-10-2-3-11-19/h2-3,8-11,14H,4-7,12-13H2,1H3. The van der Waals surface area contributed by atoms with E-state index < -0.39 is 0 Å². The molecule has 0 bridgehead atoms. The molecule has 0 unspecified atom stereocenters. The summed E-state index contributed by atoms with van der Waals surface area (Å²) in [4.78, 5) is 14.5. The van der Waals surface area contributed by atoms with Crippen LogP contribution in [-0.4, -0.2) is 17.0 Å². The highest BCUT2D eigenvalue weighted by atomic mass is 16.2. The normalized spacial score (nSPS) is 14.0. The summed E-state index contributed by atoms with van der Waals surface area (Å²) in [6.07, 6.45) is 7.76. The second kappa shape index (κ2) is 6.17. The van der Waals surface area contributed by atoms with Gasteiger partial charge in [-0.1, -0.05) is 17.7 Å². The van der Waals surface area contributed by atoms with Crippen LogP contribution in [0.1, 0.15) is 30.4 Å². The van der Waals surface area contributed by atoms with E-state index in [0.717, 1.165) is 38.0 Å². The molecule has 0 aliphatic carbocycles. The fraction of sp³-hybridized carbons (Fsp3) is 0.389. The predicted octanol–water partition coefficient (Wildman–Crippen LogP) is 3.56. The van der Waals surface area contributed by atoms with Gasteiger partial charge in [0.15, 0.2) is 0 Å². The second-order valence-corrected chi connectivity index (χ2v) is 5.81. The highest BCUT2D eigenvalue weighted by Crippen LogP contribution is 2.28. The van der Waals surface area contributed by atoms with Crippen LogP contribution in [0.25, 0.3) is 0 Å². The van der Waals surface area contributed by atoms with E-state index in [-0.39, 0.29) is 5.91 Å². The number of carbonyl (C=O) groups is 1. The van der Waals surface area contributed by atoms with Crippen LogP contribution in [0.5, 0.6) is 0 Å². The summed E-state index contributed by atoms with van der Waals surface area (Å²) < 4.78 is 2.13. The average molecular weight is 282 g/mol. The lowest BCUT2D eigenvalue weighted by molar-refractivity contribution is -0.118. The summed E-state index contributed by atoms with van der Waals surface area (Å²) in [7, 11) is 0. The van der Waals surface area contributed by atoms with Crippen LogP contribution in [-0.2, 0) is 17.8 Å². The van der Waals surface area contributed by atoms with Crippen molar-refractivity contribution < 1.29 is 4.79 Å². The molecule has 0 fully saturated rings. The Hall–Kier alpha value is -2.03. The number of rotatable bonds is 4. The number of nitrogens with zero attached hydrogens (tertiary/aromatic N) is 2. The summed E-state index contributed by atoms with van der Waals surface area (Å²) in [6.45, 7) is 3.88. The Morgan fingerprint density at radius 2 is 2.05 bits per heavy atom. The fourth-order valence-corrected chi connectivity index (χ4v) is 3.05. The summed E-state index contributed by atoms with van der Waals surface area (Å²) in [5.41, 5.74) is 3.72. The number of carbonyl (C=O) groups excluding carboxylic acids is 1. The molecule has 1 amide bonds. The van der Waals surface area contributed by atoms with Crippen molar-refractivity contribution >= 4 is 11.6 Å². The molecule has 110 valence electrons. The number of anilines is 1. The molecule has 2 heterocycles. The maximum absolute atomic E-state index is 12.5. The van der Waals surface area contributed by atoms with Crippen LogP contribution < -0.4 is 4.90 Å². The molecule has 0 saturated carbocycles. The van der Waals surface area contributed by atoms with Crippen molar-refractivity contribution in [3.8, 4) is 0 Å². The number of amides is 1. The van der Waals surface area contributed by atoms with Crippen LogP contribution in [0.4, 0.5) is 5.69 Å². The first kappa shape index (κ1) is 13.9. The smallest absolute Gasteiger partial charge is 0.227 e. The minimum Gasteiger partial charge on any atom is -0.354 e. The van der Waals surface area contributed by atoms with E-state index in [1.54, 1.807) is 0 Å². The molecule has 3 nitrogen and oxygen atoms in total. The lowest BCUT2D eigenvalue weighted by Gasteiger charge is -2.30. The topological polar surface area (TPSA) is 25.2 Å². The summed E-state index contributed by atoms with van der Waals surface area (Å²) in [5, 5.41) is 0. The van der Waals surface area contributed by atoms with Crippen LogP contribution >= 0.6 is 0 Å². The van der Waals surface area contributed by atoms with Gasteiger partial charge in [0, 0.05) is 37.6 Å². The van der Waals surface area contributed by atoms with Crippen molar-refractivity contribution in [3.05, 3.63) is 53.9 Å². The van der Waals surface area contributed by atoms with E-state index >= 15 is 0 Å². The summed E-state index contributed by atoms with van der Waals surface area (Å²) in [6, 6.07) is 10.5. The van der Waals surface area contributed by atoms with Gasteiger partial charge in [0.2, 0.25) is 5.91 Å². The van der Waals surface area contributed by atoms with Crippen LogP contribution in [0.3, 0.4) is 0 Å². The zero-order valence-electron chi connectivity index (χ0n) is 12.6. The van der Waals surface area contributed by atoms with E-state index in [2.05, 4.69) is 29.7 Å². The predicted molar refractivity (Wildman–Crippen MR) is 85.5 cm³/mol. The number of fused-ring (bicyclic) bond motifs is 1. The molecule has 0 N–H and O–H groups in total. The first-order chi connectivity index (χ1) is 10.2. The molecule has 1 aromatic carbocycles. The highest BCUT2D eigenvalue weighted by Gasteiger charge is 2.21. The van der Waals surface area contributed by atoms with Crippen molar-refractivity contribution in [2.45, 2.75) is 39.2 Å². The number of aromatic nitrogens is 1. The Balaban J connectivity index is 1.63. The molecule has 3 heteroatoms. The molecule has 1 aromatic heterocycles. The van der Waals surface area contributed by atoms with Gasteiger partial charge in [0.25, 0.3) is 0 Å².